The van der Waals surface area contributed by atoms with Crippen molar-refractivity contribution in [2.24, 2.45) is 0 Å². The van der Waals surface area contributed by atoms with Crippen LogP contribution in [0.3, 0.4) is 0 Å². The average Bonchev–Trinajstić information content (AvgIpc) is 2.38. The van der Waals surface area contributed by atoms with Gasteiger partial charge in [0.2, 0.25) is 0 Å². The van der Waals surface area contributed by atoms with Crippen LogP contribution in [0.1, 0.15) is 0 Å². The maximum atomic E-state index is 6.03. The Morgan fingerprint density at radius 3 is 2.17 bits per heavy atom. The second kappa shape index (κ2) is 4.87. The summed E-state index contributed by atoms with van der Waals surface area (Å²) in [6, 6.07) is 11.1. The van der Waals surface area contributed by atoms with Crippen LogP contribution >= 0.6 is 0 Å². The Labute approximate surface area is 106 Å². The van der Waals surface area contributed by atoms with Crippen molar-refractivity contribution in [1.29, 1.82) is 0 Å². The van der Waals surface area contributed by atoms with E-state index in [-0.39, 0.29) is 0 Å². The molecule has 0 amide bonds. The summed E-state index contributed by atoms with van der Waals surface area (Å²) < 4.78 is 10.7. The summed E-state index contributed by atoms with van der Waals surface area (Å²) >= 11 is 0. The first-order chi connectivity index (χ1) is 8.69. The van der Waals surface area contributed by atoms with Crippen molar-refractivity contribution in [3.05, 3.63) is 36.4 Å². The van der Waals surface area contributed by atoms with Gasteiger partial charge in [0.05, 0.1) is 25.5 Å². The highest BCUT2D eigenvalue weighted by Gasteiger charge is 2.15. The Balaban J connectivity index is 2.73. The summed E-state index contributed by atoms with van der Waals surface area (Å²) in [5, 5.41) is 0. The van der Waals surface area contributed by atoms with Crippen LogP contribution in [-0.4, -0.2) is 14.2 Å². The third kappa shape index (κ3) is 1.93. The first-order valence-electron chi connectivity index (χ1n) is 5.54. The minimum absolute atomic E-state index is 0.570. The molecule has 0 radical (unpaired) electrons. The Bertz CT molecular complexity index is 568. The lowest BCUT2D eigenvalue weighted by Gasteiger charge is -2.15. The van der Waals surface area contributed by atoms with Gasteiger partial charge in [-0.1, -0.05) is 18.2 Å². The highest BCUT2D eigenvalue weighted by molar-refractivity contribution is 5.88. The van der Waals surface area contributed by atoms with Gasteiger partial charge in [-0.15, -0.1) is 0 Å². The zero-order valence-corrected chi connectivity index (χ0v) is 10.4. The van der Waals surface area contributed by atoms with Gasteiger partial charge in [0, 0.05) is 11.3 Å². The number of rotatable bonds is 3. The molecule has 4 heteroatoms. The van der Waals surface area contributed by atoms with Crippen LogP contribution in [0.25, 0.3) is 11.1 Å². The Morgan fingerprint density at radius 1 is 0.833 bits per heavy atom. The molecule has 0 aliphatic rings. The molecule has 0 atom stereocenters. The molecule has 4 N–H and O–H groups in total. The molecular formula is C14H16N2O2. The van der Waals surface area contributed by atoms with Crippen molar-refractivity contribution in [3.8, 4) is 22.6 Å². The highest BCUT2D eigenvalue weighted by Crippen LogP contribution is 2.42. The lowest BCUT2D eigenvalue weighted by molar-refractivity contribution is 0.411. The Kier molecular flexibility index (Phi) is 3.28. The number of nitrogen functional groups attached to an aromatic ring is 2. The van der Waals surface area contributed by atoms with E-state index < -0.39 is 0 Å². The molecule has 0 fully saturated rings. The largest absolute Gasteiger partial charge is 0.496 e. The topological polar surface area (TPSA) is 70.5 Å². The predicted molar refractivity (Wildman–Crippen MR) is 73.8 cm³/mol. The second-order valence-electron chi connectivity index (χ2n) is 3.85. The molecule has 0 saturated heterocycles. The lowest BCUT2D eigenvalue weighted by Crippen LogP contribution is -1.99. The molecule has 94 valence electrons. The number of para-hydroxylation sites is 1. The van der Waals surface area contributed by atoms with Crippen molar-refractivity contribution in [1.82, 2.24) is 0 Å². The summed E-state index contributed by atoms with van der Waals surface area (Å²) in [5.41, 5.74) is 14.7. The maximum Gasteiger partial charge on any atom is 0.149 e. The van der Waals surface area contributed by atoms with Crippen molar-refractivity contribution < 1.29 is 9.47 Å². The van der Waals surface area contributed by atoms with E-state index in [1.807, 2.05) is 30.3 Å². The van der Waals surface area contributed by atoms with Crippen LogP contribution in [0.5, 0.6) is 11.5 Å². The number of benzene rings is 2. The summed E-state index contributed by atoms with van der Waals surface area (Å²) in [7, 11) is 3.19. The number of ether oxygens (including phenoxy) is 2. The molecule has 0 aromatic heterocycles. The van der Waals surface area contributed by atoms with E-state index in [0.29, 0.717) is 22.9 Å². The minimum Gasteiger partial charge on any atom is -0.496 e. The van der Waals surface area contributed by atoms with E-state index in [1.54, 1.807) is 20.3 Å². The summed E-state index contributed by atoms with van der Waals surface area (Å²) in [4.78, 5) is 0. The Morgan fingerprint density at radius 2 is 1.50 bits per heavy atom. The number of methoxy groups -OCH3 is 2. The van der Waals surface area contributed by atoms with Crippen LogP contribution in [0.4, 0.5) is 11.4 Å². The minimum atomic E-state index is 0.570. The molecule has 4 nitrogen and oxygen atoms in total. The monoisotopic (exact) mass is 244 g/mol. The number of hydrogen-bond donors (Lipinski definition) is 2. The molecule has 0 heterocycles. The zero-order chi connectivity index (χ0) is 13.1. The van der Waals surface area contributed by atoms with E-state index in [9.17, 15) is 0 Å². The molecule has 2 aromatic rings. The van der Waals surface area contributed by atoms with Crippen molar-refractivity contribution in [2.75, 3.05) is 25.7 Å². The zero-order valence-electron chi connectivity index (χ0n) is 10.4. The third-order valence-corrected chi connectivity index (χ3v) is 2.80. The van der Waals surface area contributed by atoms with Gasteiger partial charge in [-0.2, -0.15) is 0 Å². The van der Waals surface area contributed by atoms with E-state index >= 15 is 0 Å². The fourth-order valence-electron chi connectivity index (χ4n) is 1.99. The number of hydrogen-bond acceptors (Lipinski definition) is 4. The van der Waals surface area contributed by atoms with Crippen molar-refractivity contribution in [3.63, 3.8) is 0 Å². The van der Waals surface area contributed by atoms with Gasteiger partial charge in [0.15, 0.2) is 0 Å². The van der Waals surface area contributed by atoms with Crippen molar-refractivity contribution >= 4 is 11.4 Å². The molecule has 2 rings (SSSR count). The maximum absolute atomic E-state index is 6.03. The molecule has 0 aliphatic carbocycles. The summed E-state index contributed by atoms with van der Waals surface area (Å²) in [5.74, 6) is 1.30. The van der Waals surface area contributed by atoms with Gasteiger partial charge in [0.1, 0.15) is 11.5 Å². The van der Waals surface area contributed by atoms with Crippen LogP contribution in [-0.2, 0) is 0 Å². The van der Waals surface area contributed by atoms with Gasteiger partial charge in [0.25, 0.3) is 0 Å². The van der Waals surface area contributed by atoms with Crippen LogP contribution in [0, 0.1) is 0 Å². The first-order valence-corrected chi connectivity index (χ1v) is 5.54. The molecular weight excluding hydrogens is 228 g/mol. The quantitative estimate of drug-likeness (QED) is 0.814. The molecule has 2 aromatic carbocycles. The highest BCUT2D eigenvalue weighted by atomic mass is 16.5. The molecule has 0 saturated carbocycles. The fraction of sp³-hybridized carbons (Fsp3) is 0.143. The lowest BCUT2D eigenvalue weighted by atomic mass is 10.0. The fourth-order valence-corrected chi connectivity index (χ4v) is 1.99. The van der Waals surface area contributed by atoms with E-state index in [1.165, 1.54) is 0 Å². The molecule has 18 heavy (non-hydrogen) atoms. The molecule has 0 spiro atoms. The number of anilines is 2. The summed E-state index contributed by atoms with van der Waals surface area (Å²) in [6.07, 6.45) is 0. The van der Waals surface area contributed by atoms with Gasteiger partial charge >= 0.3 is 0 Å². The van der Waals surface area contributed by atoms with Crippen LogP contribution in [0.15, 0.2) is 36.4 Å². The van der Waals surface area contributed by atoms with Gasteiger partial charge in [-0.25, -0.2) is 0 Å². The first kappa shape index (κ1) is 12.1. The second-order valence-corrected chi connectivity index (χ2v) is 3.85. The SMILES string of the molecule is COc1cccc(N)c1-c1cccc(N)c1OC. The van der Waals surface area contributed by atoms with E-state index in [2.05, 4.69) is 0 Å². The van der Waals surface area contributed by atoms with Gasteiger partial charge in [-0.3, -0.25) is 0 Å². The average molecular weight is 244 g/mol. The van der Waals surface area contributed by atoms with Crippen molar-refractivity contribution in [2.45, 2.75) is 0 Å². The Hall–Kier alpha value is -2.36. The van der Waals surface area contributed by atoms with Gasteiger partial charge in [-0.05, 0) is 18.2 Å². The normalized spacial score (nSPS) is 10.1. The van der Waals surface area contributed by atoms with E-state index in [0.717, 1.165) is 11.1 Å². The standard InChI is InChI=1S/C14H16N2O2/c1-17-12-8-4-6-10(15)13(12)9-5-3-7-11(16)14(9)18-2/h3-8H,15-16H2,1-2H3. The molecule has 0 aliphatic heterocycles. The molecule has 0 bridgehead atoms. The smallest absolute Gasteiger partial charge is 0.149 e. The number of nitrogens with two attached hydrogens (primary N) is 2. The summed E-state index contributed by atoms with van der Waals surface area (Å²) in [6.45, 7) is 0. The van der Waals surface area contributed by atoms with Crippen LogP contribution < -0.4 is 20.9 Å². The van der Waals surface area contributed by atoms with Crippen LogP contribution in [0.2, 0.25) is 0 Å². The molecule has 0 unspecified atom stereocenters. The van der Waals surface area contributed by atoms with E-state index in [4.69, 9.17) is 20.9 Å². The third-order valence-electron chi connectivity index (χ3n) is 2.80. The van der Waals surface area contributed by atoms with Gasteiger partial charge < -0.3 is 20.9 Å². The predicted octanol–water partition coefficient (Wildman–Crippen LogP) is 2.54.